The van der Waals surface area contributed by atoms with Crippen LogP contribution in [-0.2, 0) is 9.53 Å². The Morgan fingerprint density at radius 2 is 2.19 bits per heavy atom. The maximum Gasteiger partial charge on any atom is 0.411 e. The van der Waals surface area contributed by atoms with Gasteiger partial charge in [-0.25, -0.2) is 9.97 Å². The third kappa shape index (κ3) is 4.41. The zero-order chi connectivity index (χ0) is 19.8. The average molecular weight is 403 g/mol. The van der Waals surface area contributed by atoms with E-state index in [0.29, 0.717) is 21.7 Å². The Morgan fingerprint density at radius 3 is 2.85 bits per heavy atom. The lowest BCUT2D eigenvalue weighted by atomic mass is 9.99. The number of alkyl halides is 3. The van der Waals surface area contributed by atoms with Crippen LogP contribution in [-0.4, -0.2) is 58.3 Å². The fraction of sp³-hybridized carbons (Fsp3) is 0.471. The Balaban J connectivity index is 1.62. The van der Waals surface area contributed by atoms with Crippen LogP contribution in [0, 0.1) is 0 Å². The van der Waals surface area contributed by atoms with Crippen molar-refractivity contribution in [2.75, 3.05) is 18.5 Å². The first kappa shape index (κ1) is 19.6. The molecule has 146 valence electrons. The van der Waals surface area contributed by atoms with Crippen molar-refractivity contribution in [3.05, 3.63) is 29.5 Å². The molecule has 1 amide bonds. The van der Waals surface area contributed by atoms with Crippen LogP contribution in [0.4, 0.5) is 19.0 Å². The minimum Gasteiger partial charge on any atom is -0.365 e. The molecular weight excluding hydrogens is 385 g/mol. The van der Waals surface area contributed by atoms with Crippen LogP contribution in [0.25, 0.3) is 10.9 Å². The van der Waals surface area contributed by atoms with E-state index in [-0.39, 0.29) is 12.5 Å². The molecule has 27 heavy (non-hydrogen) atoms. The van der Waals surface area contributed by atoms with E-state index < -0.39 is 31.0 Å². The van der Waals surface area contributed by atoms with Crippen molar-refractivity contribution in [1.82, 2.24) is 14.9 Å². The fourth-order valence-electron chi connectivity index (χ4n) is 2.92. The van der Waals surface area contributed by atoms with Crippen molar-refractivity contribution < 1.29 is 22.7 Å². The lowest BCUT2D eigenvalue weighted by Crippen LogP contribution is -2.64. The van der Waals surface area contributed by atoms with Crippen molar-refractivity contribution >= 4 is 34.2 Å². The highest BCUT2D eigenvalue weighted by atomic mass is 35.5. The quantitative estimate of drug-likeness (QED) is 0.831. The number of hydrogen-bond acceptors (Lipinski definition) is 5. The van der Waals surface area contributed by atoms with E-state index in [1.54, 1.807) is 32.0 Å². The third-order valence-corrected chi connectivity index (χ3v) is 4.71. The van der Waals surface area contributed by atoms with Gasteiger partial charge >= 0.3 is 6.18 Å². The summed E-state index contributed by atoms with van der Waals surface area (Å²) in [6, 6.07) is 4.10. The Hall–Kier alpha value is -2.13. The molecule has 0 saturated carbocycles. The summed E-state index contributed by atoms with van der Waals surface area (Å²) in [4.78, 5) is 22.4. The molecule has 0 aliphatic carbocycles. The second-order valence-electron chi connectivity index (χ2n) is 6.45. The van der Waals surface area contributed by atoms with E-state index in [2.05, 4.69) is 15.3 Å². The third-order valence-electron chi connectivity index (χ3n) is 4.47. The number of nitrogens with one attached hydrogen (secondary N) is 1. The second-order valence-corrected chi connectivity index (χ2v) is 6.88. The molecule has 3 atom stereocenters. The Labute approximate surface area is 158 Å². The van der Waals surface area contributed by atoms with E-state index in [1.165, 1.54) is 11.2 Å². The van der Waals surface area contributed by atoms with E-state index in [1.807, 2.05) is 0 Å². The lowest BCUT2D eigenvalue weighted by molar-refractivity contribution is -0.209. The number of aromatic nitrogens is 2. The normalized spacial score (nSPS) is 21.0. The van der Waals surface area contributed by atoms with Crippen molar-refractivity contribution in [1.29, 1.82) is 0 Å². The molecular formula is C17H18ClF3N4O2. The number of hydrogen-bond donors (Lipinski definition) is 1. The van der Waals surface area contributed by atoms with Crippen molar-refractivity contribution in [2.24, 2.45) is 0 Å². The second kappa shape index (κ2) is 7.47. The first-order valence-corrected chi connectivity index (χ1v) is 8.69. The molecule has 0 unspecified atom stereocenters. The molecule has 1 N–H and O–H groups in total. The Bertz CT molecular complexity index is 849. The zero-order valence-corrected chi connectivity index (χ0v) is 15.4. The summed E-state index contributed by atoms with van der Waals surface area (Å²) in [5, 5.41) is 4.29. The molecule has 0 spiro atoms. The van der Waals surface area contributed by atoms with Crippen molar-refractivity contribution in [3.8, 4) is 0 Å². The molecule has 1 saturated heterocycles. The standard InChI is InChI=1S/C17H18ClF3N4O2/c1-9(16(26)25-6-14(10(25)2)27-7-17(19,20)21)24-15-12-4-3-11(18)5-13(12)22-8-23-15/h3-5,8-10,14H,6-7H2,1-2H3,(H,22,23,24)/t9-,10+,14-/m1/s1. The highest BCUT2D eigenvalue weighted by Crippen LogP contribution is 2.27. The molecule has 3 rings (SSSR count). The van der Waals surface area contributed by atoms with Crippen LogP contribution in [0.1, 0.15) is 13.8 Å². The van der Waals surface area contributed by atoms with Gasteiger partial charge in [0.05, 0.1) is 17.7 Å². The van der Waals surface area contributed by atoms with Crippen LogP contribution in [0.2, 0.25) is 5.02 Å². The number of fused-ring (bicyclic) bond motifs is 1. The number of benzene rings is 1. The van der Waals surface area contributed by atoms with Gasteiger partial charge in [0, 0.05) is 17.0 Å². The molecule has 0 bridgehead atoms. The van der Waals surface area contributed by atoms with Gasteiger partial charge in [-0.15, -0.1) is 0 Å². The maximum absolute atomic E-state index is 12.6. The van der Waals surface area contributed by atoms with Crippen molar-refractivity contribution in [3.63, 3.8) is 0 Å². The number of anilines is 1. The average Bonchev–Trinajstić information content (AvgIpc) is 2.59. The van der Waals surface area contributed by atoms with Gasteiger partial charge in [0.2, 0.25) is 5.91 Å². The minimum absolute atomic E-state index is 0.127. The van der Waals surface area contributed by atoms with Gasteiger partial charge in [-0.3, -0.25) is 4.79 Å². The van der Waals surface area contributed by atoms with E-state index in [0.717, 1.165) is 0 Å². The Kier molecular flexibility index (Phi) is 5.43. The van der Waals surface area contributed by atoms with Gasteiger partial charge in [-0.2, -0.15) is 13.2 Å². The SMILES string of the molecule is C[C@@H](Nc1ncnc2cc(Cl)ccc12)C(=O)N1C[C@@H](OCC(F)(F)F)[C@@H]1C. The van der Waals surface area contributed by atoms with Gasteiger partial charge < -0.3 is 15.0 Å². The monoisotopic (exact) mass is 402 g/mol. The number of rotatable bonds is 5. The summed E-state index contributed by atoms with van der Waals surface area (Å²) in [6.07, 6.45) is -3.63. The molecule has 1 aliphatic rings. The van der Waals surface area contributed by atoms with E-state index in [9.17, 15) is 18.0 Å². The lowest BCUT2D eigenvalue weighted by Gasteiger charge is -2.46. The summed E-state index contributed by atoms with van der Waals surface area (Å²) in [5.41, 5.74) is 0.637. The number of carbonyl (C=O) groups is 1. The number of carbonyl (C=O) groups excluding carboxylic acids is 1. The molecule has 10 heteroatoms. The molecule has 2 aromatic rings. The topological polar surface area (TPSA) is 67.4 Å². The molecule has 2 heterocycles. The van der Waals surface area contributed by atoms with Crippen molar-refractivity contribution in [2.45, 2.75) is 38.2 Å². The molecule has 1 aliphatic heterocycles. The number of amides is 1. The van der Waals surface area contributed by atoms with Crippen LogP contribution < -0.4 is 5.32 Å². The zero-order valence-electron chi connectivity index (χ0n) is 14.6. The summed E-state index contributed by atoms with van der Waals surface area (Å²) < 4.78 is 41.6. The van der Waals surface area contributed by atoms with E-state index >= 15 is 0 Å². The number of nitrogens with zero attached hydrogens (tertiary/aromatic N) is 3. The van der Waals surface area contributed by atoms with Gasteiger partial charge in [0.15, 0.2) is 0 Å². The number of halogens is 4. The molecule has 1 aromatic carbocycles. The van der Waals surface area contributed by atoms with Gasteiger partial charge in [0.25, 0.3) is 0 Å². The highest BCUT2D eigenvalue weighted by Gasteiger charge is 2.43. The van der Waals surface area contributed by atoms with Crippen LogP contribution in [0.3, 0.4) is 0 Å². The summed E-state index contributed by atoms with van der Waals surface area (Å²) in [7, 11) is 0. The molecule has 6 nitrogen and oxygen atoms in total. The van der Waals surface area contributed by atoms with E-state index in [4.69, 9.17) is 16.3 Å². The highest BCUT2D eigenvalue weighted by molar-refractivity contribution is 6.31. The fourth-order valence-corrected chi connectivity index (χ4v) is 3.09. The predicted molar refractivity (Wildman–Crippen MR) is 94.6 cm³/mol. The first-order chi connectivity index (χ1) is 12.7. The predicted octanol–water partition coefficient (Wildman–Crippen LogP) is 3.26. The molecule has 1 fully saturated rings. The largest absolute Gasteiger partial charge is 0.411 e. The molecule has 0 radical (unpaired) electrons. The Morgan fingerprint density at radius 1 is 1.44 bits per heavy atom. The van der Waals surface area contributed by atoms with Gasteiger partial charge in [-0.1, -0.05) is 11.6 Å². The summed E-state index contributed by atoms with van der Waals surface area (Å²) in [6.45, 7) is 2.15. The minimum atomic E-state index is -4.38. The molecule has 1 aromatic heterocycles. The first-order valence-electron chi connectivity index (χ1n) is 8.31. The van der Waals surface area contributed by atoms with Gasteiger partial charge in [0.1, 0.15) is 24.8 Å². The van der Waals surface area contributed by atoms with Crippen LogP contribution >= 0.6 is 11.6 Å². The van der Waals surface area contributed by atoms with Crippen LogP contribution in [0.15, 0.2) is 24.5 Å². The number of ether oxygens (including phenoxy) is 1. The number of likely N-dealkylation sites (tertiary alicyclic amines) is 1. The van der Waals surface area contributed by atoms with Gasteiger partial charge in [-0.05, 0) is 32.0 Å². The van der Waals surface area contributed by atoms with Crippen LogP contribution in [0.5, 0.6) is 0 Å². The summed E-state index contributed by atoms with van der Waals surface area (Å²) >= 11 is 5.95. The maximum atomic E-state index is 12.6. The summed E-state index contributed by atoms with van der Waals surface area (Å²) in [5.74, 6) is 0.241. The smallest absolute Gasteiger partial charge is 0.365 e.